The summed E-state index contributed by atoms with van der Waals surface area (Å²) in [6, 6.07) is 5.92. The zero-order valence-electron chi connectivity index (χ0n) is 17.2. The predicted molar refractivity (Wildman–Crippen MR) is 123 cm³/mol. The molecule has 0 atom stereocenters. The molecule has 2 aromatic heterocycles. The summed E-state index contributed by atoms with van der Waals surface area (Å²) in [5.74, 6) is -1.30. The van der Waals surface area contributed by atoms with E-state index in [1.165, 1.54) is 18.3 Å². The molecule has 1 amide bonds. The Morgan fingerprint density at radius 2 is 1.97 bits per heavy atom. The zero-order chi connectivity index (χ0) is 23.1. The van der Waals surface area contributed by atoms with Crippen molar-refractivity contribution in [2.75, 3.05) is 4.72 Å². The second-order valence-corrected chi connectivity index (χ2v) is 11.3. The highest BCUT2D eigenvalue weighted by molar-refractivity contribution is 7.93. The number of hydrogen-bond acceptors (Lipinski definition) is 6. The molecule has 0 unspecified atom stereocenters. The van der Waals surface area contributed by atoms with E-state index in [1.54, 1.807) is 37.6 Å². The lowest BCUT2D eigenvalue weighted by atomic mass is 10.00. The number of aromatic nitrogens is 2. The molecule has 0 radical (unpaired) electrons. The minimum absolute atomic E-state index is 0.123. The van der Waals surface area contributed by atoms with Gasteiger partial charge in [-0.1, -0.05) is 17.7 Å². The van der Waals surface area contributed by atoms with E-state index in [2.05, 4.69) is 20.0 Å². The van der Waals surface area contributed by atoms with Gasteiger partial charge in [-0.2, -0.15) is 0 Å². The van der Waals surface area contributed by atoms with Gasteiger partial charge in [0.15, 0.2) is 5.13 Å². The maximum Gasteiger partial charge on any atom is 0.254 e. The number of thiazole rings is 1. The van der Waals surface area contributed by atoms with Crippen molar-refractivity contribution in [2.45, 2.75) is 37.5 Å². The molecular formula is C21H20ClFN4O3S2. The first-order valence-electron chi connectivity index (χ1n) is 9.76. The lowest BCUT2D eigenvalue weighted by Crippen LogP contribution is -2.41. The van der Waals surface area contributed by atoms with Crippen LogP contribution in [0.3, 0.4) is 0 Å². The molecule has 1 aliphatic rings. The van der Waals surface area contributed by atoms with E-state index in [1.807, 2.05) is 0 Å². The van der Waals surface area contributed by atoms with Gasteiger partial charge in [0.25, 0.3) is 5.91 Å². The van der Waals surface area contributed by atoms with Crippen LogP contribution in [0.25, 0.3) is 11.1 Å². The number of pyridine rings is 1. The molecule has 11 heteroatoms. The third-order valence-electron chi connectivity index (χ3n) is 5.02. The lowest BCUT2D eigenvalue weighted by molar-refractivity contribution is 0.0906. The van der Waals surface area contributed by atoms with Crippen LogP contribution in [0, 0.1) is 5.82 Å². The number of sulfonamides is 1. The zero-order valence-corrected chi connectivity index (χ0v) is 19.6. The van der Waals surface area contributed by atoms with Gasteiger partial charge in [-0.25, -0.2) is 17.8 Å². The van der Waals surface area contributed by atoms with Crippen molar-refractivity contribution in [1.82, 2.24) is 15.3 Å². The Balaban J connectivity index is 1.49. The number of benzene rings is 1. The van der Waals surface area contributed by atoms with Gasteiger partial charge in [-0.15, -0.1) is 11.3 Å². The Hall–Kier alpha value is -2.56. The van der Waals surface area contributed by atoms with E-state index in [0.717, 1.165) is 11.3 Å². The van der Waals surface area contributed by atoms with Gasteiger partial charge < -0.3 is 5.32 Å². The van der Waals surface area contributed by atoms with Gasteiger partial charge in [0, 0.05) is 23.3 Å². The first-order chi connectivity index (χ1) is 15.0. The number of amides is 1. The van der Waals surface area contributed by atoms with E-state index < -0.39 is 27.3 Å². The second kappa shape index (κ2) is 8.42. The van der Waals surface area contributed by atoms with Crippen LogP contribution in [-0.2, 0) is 15.6 Å². The molecular weight excluding hydrogens is 475 g/mol. The molecule has 0 aliphatic heterocycles. The van der Waals surface area contributed by atoms with Crippen LogP contribution in [0.5, 0.6) is 0 Å². The standard InChI is InChI=1S/C21H20ClFN4O3S2/c1-21(2,18-11-31-20(25-18)27-32(29,30)15-4-5-15)26-19(28)16-6-3-12(8-17(16)23)13-7-14(22)10-24-9-13/h3,6-11,15H,4-5H2,1-2H3,(H,25,27)(H,26,28). The number of hydrogen-bond donors (Lipinski definition) is 2. The average Bonchev–Trinajstić information content (AvgIpc) is 3.48. The summed E-state index contributed by atoms with van der Waals surface area (Å²) in [6.07, 6.45) is 4.33. The molecule has 0 spiro atoms. The van der Waals surface area contributed by atoms with E-state index in [9.17, 15) is 17.6 Å². The summed E-state index contributed by atoms with van der Waals surface area (Å²) in [7, 11) is -3.43. The summed E-state index contributed by atoms with van der Waals surface area (Å²) >= 11 is 7.07. The largest absolute Gasteiger partial charge is 0.341 e. The van der Waals surface area contributed by atoms with E-state index >= 15 is 0 Å². The van der Waals surface area contributed by atoms with Crippen molar-refractivity contribution in [3.63, 3.8) is 0 Å². The van der Waals surface area contributed by atoms with Crippen molar-refractivity contribution in [3.8, 4) is 11.1 Å². The Kier molecular flexibility index (Phi) is 5.95. The first-order valence-corrected chi connectivity index (χ1v) is 12.6. The van der Waals surface area contributed by atoms with E-state index in [4.69, 9.17) is 11.6 Å². The van der Waals surface area contributed by atoms with Gasteiger partial charge in [-0.3, -0.25) is 14.5 Å². The van der Waals surface area contributed by atoms with Crippen LogP contribution in [0.1, 0.15) is 42.7 Å². The minimum Gasteiger partial charge on any atom is -0.341 e. The highest BCUT2D eigenvalue weighted by atomic mass is 35.5. The SMILES string of the molecule is CC(C)(NC(=O)c1ccc(-c2cncc(Cl)c2)cc1F)c1csc(NS(=O)(=O)C2CC2)n1. The van der Waals surface area contributed by atoms with Crippen molar-refractivity contribution >= 4 is 44.0 Å². The summed E-state index contributed by atoms with van der Waals surface area (Å²) < 4.78 is 41.4. The van der Waals surface area contributed by atoms with Crippen molar-refractivity contribution in [1.29, 1.82) is 0 Å². The predicted octanol–water partition coefficient (Wildman–Crippen LogP) is 4.57. The Labute approximate surface area is 194 Å². The number of rotatable bonds is 7. The van der Waals surface area contributed by atoms with Crippen LogP contribution in [0.15, 0.2) is 42.0 Å². The van der Waals surface area contributed by atoms with Gasteiger partial charge in [0.2, 0.25) is 10.0 Å². The van der Waals surface area contributed by atoms with Crippen LogP contribution in [-0.4, -0.2) is 29.5 Å². The molecule has 1 aliphatic carbocycles. The topological polar surface area (TPSA) is 101 Å². The Bertz CT molecular complexity index is 1290. The van der Waals surface area contributed by atoms with Crippen molar-refractivity contribution in [3.05, 3.63) is 64.1 Å². The van der Waals surface area contributed by atoms with E-state index in [-0.39, 0.29) is 15.9 Å². The third-order valence-corrected chi connectivity index (χ3v) is 7.94. The molecule has 1 saturated carbocycles. The fourth-order valence-electron chi connectivity index (χ4n) is 3.05. The minimum atomic E-state index is -3.43. The second-order valence-electron chi connectivity index (χ2n) is 8.05. The van der Waals surface area contributed by atoms with Gasteiger partial charge in [-0.05, 0) is 50.5 Å². The molecule has 0 bridgehead atoms. The summed E-state index contributed by atoms with van der Waals surface area (Å²) in [4.78, 5) is 21.1. The number of carbonyl (C=O) groups excluding carboxylic acids is 1. The molecule has 1 fully saturated rings. The first kappa shape index (κ1) is 22.6. The molecule has 0 saturated heterocycles. The van der Waals surface area contributed by atoms with Crippen molar-refractivity contribution < 1.29 is 17.6 Å². The fraction of sp³-hybridized carbons (Fsp3) is 0.286. The summed E-state index contributed by atoms with van der Waals surface area (Å²) in [5.41, 5.74) is 0.555. The van der Waals surface area contributed by atoms with E-state index in [0.29, 0.717) is 34.7 Å². The highest BCUT2D eigenvalue weighted by Gasteiger charge is 2.36. The smallest absolute Gasteiger partial charge is 0.254 e. The van der Waals surface area contributed by atoms with Crippen molar-refractivity contribution in [2.24, 2.45) is 0 Å². The van der Waals surface area contributed by atoms with Crippen LogP contribution in [0.2, 0.25) is 5.02 Å². The molecule has 32 heavy (non-hydrogen) atoms. The third kappa shape index (κ3) is 4.92. The summed E-state index contributed by atoms with van der Waals surface area (Å²) in [6.45, 7) is 3.42. The Morgan fingerprint density at radius 3 is 2.62 bits per heavy atom. The molecule has 7 nitrogen and oxygen atoms in total. The lowest BCUT2D eigenvalue weighted by Gasteiger charge is -2.24. The van der Waals surface area contributed by atoms with Crippen LogP contribution >= 0.6 is 22.9 Å². The van der Waals surface area contributed by atoms with Gasteiger partial charge in [0.1, 0.15) is 5.82 Å². The van der Waals surface area contributed by atoms with Crippen LogP contribution < -0.4 is 10.0 Å². The van der Waals surface area contributed by atoms with Gasteiger partial charge >= 0.3 is 0 Å². The number of carbonyl (C=O) groups is 1. The maximum absolute atomic E-state index is 14.7. The quantitative estimate of drug-likeness (QED) is 0.501. The van der Waals surface area contributed by atoms with Gasteiger partial charge in [0.05, 0.1) is 27.1 Å². The molecule has 3 aromatic rings. The fourth-order valence-corrected chi connectivity index (χ4v) is 5.70. The molecule has 2 N–H and O–H groups in total. The monoisotopic (exact) mass is 494 g/mol. The maximum atomic E-state index is 14.7. The number of nitrogens with one attached hydrogen (secondary N) is 2. The van der Waals surface area contributed by atoms with Crippen LogP contribution in [0.4, 0.5) is 9.52 Å². The molecule has 168 valence electrons. The normalized spacial score (nSPS) is 14.2. The Morgan fingerprint density at radius 1 is 1.22 bits per heavy atom. The number of nitrogens with zero attached hydrogens (tertiary/aromatic N) is 2. The molecule has 2 heterocycles. The molecule has 4 rings (SSSR count). The summed E-state index contributed by atoms with van der Waals surface area (Å²) in [5, 5.41) is 4.72. The average molecular weight is 495 g/mol. The number of anilines is 1. The highest BCUT2D eigenvalue weighted by Crippen LogP contribution is 2.32. The molecule has 1 aromatic carbocycles. The number of halogens is 2.